The molecule has 1 heterocycles. The zero-order valence-corrected chi connectivity index (χ0v) is 17.2. The van der Waals surface area contributed by atoms with Gasteiger partial charge in [-0.1, -0.05) is 79.1 Å². The van der Waals surface area contributed by atoms with E-state index in [2.05, 4.69) is 27.7 Å². The van der Waals surface area contributed by atoms with E-state index in [0.29, 0.717) is 36.9 Å². The molecule has 0 radical (unpaired) electrons. The molecule has 1 saturated heterocycles. The Hall–Kier alpha value is -0.570. The van der Waals surface area contributed by atoms with Crippen molar-refractivity contribution in [3.05, 3.63) is 0 Å². The molecule has 0 bridgehead atoms. The Bertz CT molecular complexity index is 342. The summed E-state index contributed by atoms with van der Waals surface area (Å²) < 4.78 is 11.3. The van der Waals surface area contributed by atoms with Crippen LogP contribution in [0.1, 0.15) is 98.3 Å². The fourth-order valence-electron chi connectivity index (χ4n) is 3.75. The minimum absolute atomic E-state index is 0.0242. The van der Waals surface area contributed by atoms with Gasteiger partial charge < -0.3 is 9.47 Å². The molecule has 4 atom stereocenters. The van der Waals surface area contributed by atoms with Crippen LogP contribution in [0, 0.1) is 17.8 Å². The highest BCUT2D eigenvalue weighted by atomic mass is 16.5. The Labute approximate surface area is 156 Å². The summed E-state index contributed by atoms with van der Waals surface area (Å²) in [7, 11) is 0. The third-order valence-electron chi connectivity index (χ3n) is 5.85. The van der Waals surface area contributed by atoms with Crippen LogP contribution in [0.15, 0.2) is 0 Å². The molecule has 148 valence electrons. The molecule has 3 heteroatoms. The van der Waals surface area contributed by atoms with E-state index >= 15 is 0 Å². The van der Waals surface area contributed by atoms with Gasteiger partial charge in [-0.2, -0.15) is 0 Å². The van der Waals surface area contributed by atoms with Gasteiger partial charge in [0.15, 0.2) is 0 Å². The molecule has 1 fully saturated rings. The number of carbonyl (C=O) groups is 1. The van der Waals surface area contributed by atoms with Crippen molar-refractivity contribution in [2.24, 2.45) is 17.8 Å². The molecular formula is C22H42O3. The van der Waals surface area contributed by atoms with Crippen LogP contribution in [0.25, 0.3) is 0 Å². The van der Waals surface area contributed by atoms with Crippen molar-refractivity contribution >= 4 is 5.97 Å². The minimum atomic E-state index is -0.0242. The van der Waals surface area contributed by atoms with Crippen LogP contribution in [0.4, 0.5) is 0 Å². The fraction of sp³-hybridized carbons (Fsp3) is 0.955. The summed E-state index contributed by atoms with van der Waals surface area (Å²) in [6.07, 6.45) is 13.3. The highest BCUT2D eigenvalue weighted by Crippen LogP contribution is 2.32. The Balaban J connectivity index is 1.93. The first-order valence-electron chi connectivity index (χ1n) is 10.8. The van der Waals surface area contributed by atoms with Crippen molar-refractivity contribution < 1.29 is 14.3 Å². The zero-order valence-electron chi connectivity index (χ0n) is 17.2. The lowest BCUT2D eigenvalue weighted by molar-refractivity contribution is -0.144. The highest BCUT2D eigenvalue weighted by molar-refractivity contribution is 5.69. The topological polar surface area (TPSA) is 35.5 Å². The van der Waals surface area contributed by atoms with E-state index in [0.717, 1.165) is 25.9 Å². The lowest BCUT2D eigenvalue weighted by atomic mass is 9.86. The van der Waals surface area contributed by atoms with Crippen LogP contribution in [-0.2, 0) is 14.3 Å². The summed E-state index contributed by atoms with van der Waals surface area (Å²) in [6, 6.07) is 0. The molecular weight excluding hydrogens is 312 g/mol. The fourth-order valence-corrected chi connectivity index (χ4v) is 3.75. The predicted molar refractivity (Wildman–Crippen MR) is 105 cm³/mol. The smallest absolute Gasteiger partial charge is 0.305 e. The molecule has 3 nitrogen and oxygen atoms in total. The number of esters is 1. The van der Waals surface area contributed by atoms with Crippen LogP contribution in [-0.4, -0.2) is 25.3 Å². The molecule has 1 aliphatic heterocycles. The van der Waals surface area contributed by atoms with Crippen molar-refractivity contribution in [2.75, 3.05) is 13.2 Å². The maximum atomic E-state index is 11.8. The second-order valence-corrected chi connectivity index (χ2v) is 8.20. The van der Waals surface area contributed by atoms with Crippen LogP contribution >= 0.6 is 0 Å². The van der Waals surface area contributed by atoms with Gasteiger partial charge in [0.05, 0.1) is 12.7 Å². The molecule has 0 spiro atoms. The first-order chi connectivity index (χ1) is 12.1. The largest absolute Gasteiger partial charge is 0.466 e. The summed E-state index contributed by atoms with van der Waals surface area (Å²) in [5, 5.41) is 0. The second kappa shape index (κ2) is 13.6. The van der Waals surface area contributed by atoms with Gasteiger partial charge in [0, 0.05) is 13.0 Å². The molecule has 0 aromatic heterocycles. The molecule has 0 aromatic rings. The van der Waals surface area contributed by atoms with E-state index < -0.39 is 0 Å². The van der Waals surface area contributed by atoms with Crippen LogP contribution < -0.4 is 0 Å². The summed E-state index contributed by atoms with van der Waals surface area (Å²) >= 11 is 0. The van der Waals surface area contributed by atoms with Crippen LogP contribution in [0.2, 0.25) is 0 Å². The number of hydrogen-bond donors (Lipinski definition) is 0. The van der Waals surface area contributed by atoms with Crippen LogP contribution in [0.5, 0.6) is 0 Å². The molecule has 0 N–H and O–H groups in total. The lowest BCUT2D eigenvalue weighted by Crippen LogP contribution is -2.25. The lowest BCUT2D eigenvalue weighted by Gasteiger charge is -2.23. The van der Waals surface area contributed by atoms with Crippen molar-refractivity contribution in [3.63, 3.8) is 0 Å². The molecule has 1 aliphatic rings. The van der Waals surface area contributed by atoms with Crippen molar-refractivity contribution in [1.29, 1.82) is 0 Å². The quantitative estimate of drug-likeness (QED) is 0.277. The minimum Gasteiger partial charge on any atom is -0.466 e. The van der Waals surface area contributed by atoms with Crippen molar-refractivity contribution in [3.8, 4) is 0 Å². The molecule has 0 aromatic carbocycles. The third-order valence-corrected chi connectivity index (χ3v) is 5.85. The maximum Gasteiger partial charge on any atom is 0.305 e. The Morgan fingerprint density at radius 1 is 1.04 bits per heavy atom. The van der Waals surface area contributed by atoms with Crippen LogP contribution in [0.3, 0.4) is 0 Å². The van der Waals surface area contributed by atoms with E-state index in [4.69, 9.17) is 9.47 Å². The van der Waals surface area contributed by atoms with Gasteiger partial charge in [0.2, 0.25) is 0 Å². The van der Waals surface area contributed by atoms with Gasteiger partial charge in [0.1, 0.15) is 0 Å². The average molecular weight is 355 g/mol. The van der Waals surface area contributed by atoms with Crippen molar-refractivity contribution in [2.45, 2.75) is 104 Å². The van der Waals surface area contributed by atoms with Crippen molar-refractivity contribution in [1.82, 2.24) is 0 Å². The first-order valence-corrected chi connectivity index (χ1v) is 10.8. The van der Waals surface area contributed by atoms with E-state index in [1.807, 2.05) is 0 Å². The van der Waals surface area contributed by atoms with E-state index in [1.54, 1.807) is 0 Å². The summed E-state index contributed by atoms with van der Waals surface area (Å²) in [5.74, 6) is 1.68. The summed E-state index contributed by atoms with van der Waals surface area (Å²) in [6.45, 7) is 10.4. The molecule has 25 heavy (non-hydrogen) atoms. The molecule has 0 aliphatic carbocycles. The Kier molecular flexibility index (Phi) is 12.2. The number of rotatable bonds is 14. The summed E-state index contributed by atoms with van der Waals surface area (Å²) in [5.41, 5.74) is 0. The van der Waals surface area contributed by atoms with E-state index in [1.165, 1.54) is 44.9 Å². The standard InChI is InChI=1S/C22H42O3/c1-5-6-7-8-9-10-11-12-13-14-21(23)24-16-15-18(2)22-20(4)19(3)17-25-22/h18-20,22H,5-17H2,1-4H3/t18-,19-,20-,22-/m0/s1. The van der Waals surface area contributed by atoms with E-state index in [9.17, 15) is 4.79 Å². The van der Waals surface area contributed by atoms with Gasteiger partial charge >= 0.3 is 5.97 Å². The predicted octanol–water partition coefficient (Wildman–Crippen LogP) is 6.15. The monoisotopic (exact) mass is 354 g/mol. The maximum absolute atomic E-state index is 11.8. The molecule has 1 rings (SSSR count). The SMILES string of the molecule is CCCCCCCCCCCC(=O)OCC[C@H](C)[C@@H]1OC[C@H](C)[C@@H]1C. The molecule has 0 saturated carbocycles. The number of unbranched alkanes of at least 4 members (excludes halogenated alkanes) is 8. The van der Waals surface area contributed by atoms with Gasteiger partial charge in [0.25, 0.3) is 0 Å². The van der Waals surface area contributed by atoms with Gasteiger partial charge in [-0.15, -0.1) is 0 Å². The Morgan fingerprint density at radius 2 is 1.64 bits per heavy atom. The normalized spacial score (nSPS) is 24.4. The van der Waals surface area contributed by atoms with Gasteiger partial charge in [-0.25, -0.2) is 0 Å². The third kappa shape index (κ3) is 9.63. The number of hydrogen-bond acceptors (Lipinski definition) is 3. The first kappa shape index (κ1) is 22.5. The van der Waals surface area contributed by atoms with E-state index in [-0.39, 0.29) is 5.97 Å². The number of ether oxygens (including phenoxy) is 2. The average Bonchev–Trinajstić information content (AvgIpc) is 2.92. The summed E-state index contributed by atoms with van der Waals surface area (Å²) in [4.78, 5) is 11.8. The van der Waals surface area contributed by atoms with Gasteiger partial charge in [-0.3, -0.25) is 4.79 Å². The number of carbonyl (C=O) groups excluding carboxylic acids is 1. The molecule has 0 unspecified atom stereocenters. The highest BCUT2D eigenvalue weighted by Gasteiger charge is 2.34. The second-order valence-electron chi connectivity index (χ2n) is 8.20. The Morgan fingerprint density at radius 3 is 2.20 bits per heavy atom. The molecule has 0 amide bonds. The zero-order chi connectivity index (χ0) is 18.5. The van der Waals surface area contributed by atoms with Gasteiger partial charge in [-0.05, 0) is 30.6 Å².